The van der Waals surface area contributed by atoms with Gasteiger partial charge >= 0.3 is 5.69 Å². The van der Waals surface area contributed by atoms with Gasteiger partial charge in [0.15, 0.2) is 0 Å². The van der Waals surface area contributed by atoms with Crippen LogP contribution in [0.25, 0.3) is 33.3 Å². The maximum absolute atomic E-state index is 11.5. The minimum Gasteiger partial charge on any atom is -0.395 e. The number of hydrogen-bond donors (Lipinski definition) is 4. The van der Waals surface area contributed by atoms with Crippen molar-refractivity contribution in [2.45, 2.75) is 12.3 Å². The summed E-state index contributed by atoms with van der Waals surface area (Å²) in [5.74, 6) is 0. The van der Waals surface area contributed by atoms with Gasteiger partial charge in [-0.05, 0) is 34.4 Å². The molecule has 0 saturated carbocycles. The van der Waals surface area contributed by atoms with Gasteiger partial charge in [-0.3, -0.25) is 0 Å². The first kappa shape index (κ1) is 19.5. The summed E-state index contributed by atoms with van der Waals surface area (Å²) in [6.07, 6.45) is 0. The van der Waals surface area contributed by atoms with Crippen molar-refractivity contribution in [3.05, 3.63) is 81.7 Å². The van der Waals surface area contributed by atoms with Gasteiger partial charge in [0, 0.05) is 11.0 Å². The van der Waals surface area contributed by atoms with Gasteiger partial charge in [-0.1, -0.05) is 67.1 Å². The Bertz CT molecular complexity index is 1200. The van der Waals surface area contributed by atoms with Crippen molar-refractivity contribution in [2.24, 2.45) is 0 Å². The highest BCUT2D eigenvalue weighted by molar-refractivity contribution is 6.34. The first-order valence-corrected chi connectivity index (χ1v) is 9.66. The van der Waals surface area contributed by atoms with Crippen LogP contribution in [0.2, 0.25) is 5.02 Å². The van der Waals surface area contributed by atoms with Crippen LogP contribution in [-0.2, 0) is 5.41 Å². The molecule has 3 aromatic carbocycles. The maximum Gasteiger partial charge on any atom is 0.323 e. The fourth-order valence-corrected chi connectivity index (χ4v) is 3.69. The Balaban J connectivity index is 1.64. The molecular weight excluding hydrogens is 388 g/mol. The molecule has 4 N–H and O–H groups in total. The third-order valence-corrected chi connectivity index (χ3v) is 5.73. The molecule has 0 spiro atoms. The molecule has 0 aliphatic carbocycles. The molecule has 1 heterocycles. The van der Waals surface area contributed by atoms with E-state index in [9.17, 15) is 15.0 Å². The van der Waals surface area contributed by atoms with E-state index in [1.54, 1.807) is 6.07 Å². The highest BCUT2D eigenvalue weighted by Crippen LogP contribution is 2.33. The molecule has 6 heteroatoms. The first-order chi connectivity index (χ1) is 13.9. The minimum atomic E-state index is -0.656. The summed E-state index contributed by atoms with van der Waals surface area (Å²) in [6, 6.07) is 19.5. The van der Waals surface area contributed by atoms with Gasteiger partial charge in [0.1, 0.15) is 0 Å². The molecule has 4 aromatic rings. The van der Waals surface area contributed by atoms with E-state index in [0.717, 1.165) is 27.8 Å². The molecule has 0 atom stereocenters. The Kier molecular flexibility index (Phi) is 5.04. The van der Waals surface area contributed by atoms with Crippen LogP contribution in [0, 0.1) is 0 Å². The van der Waals surface area contributed by atoms with Crippen LogP contribution in [0.4, 0.5) is 0 Å². The second kappa shape index (κ2) is 7.52. The van der Waals surface area contributed by atoms with Gasteiger partial charge in [0.25, 0.3) is 0 Å². The molecule has 0 aliphatic heterocycles. The lowest BCUT2D eigenvalue weighted by Gasteiger charge is -2.25. The number of halogens is 1. The van der Waals surface area contributed by atoms with E-state index < -0.39 is 5.41 Å². The number of aliphatic hydroxyl groups is 2. The molecule has 29 heavy (non-hydrogen) atoms. The highest BCUT2D eigenvalue weighted by Gasteiger charge is 2.24. The van der Waals surface area contributed by atoms with Crippen molar-refractivity contribution < 1.29 is 10.2 Å². The number of fused-ring (bicyclic) bond motifs is 1. The van der Waals surface area contributed by atoms with Crippen molar-refractivity contribution in [3.8, 4) is 22.3 Å². The standard InChI is InChI=1S/C23H21ClN2O3/c1-23(12-27,13-28)17-8-6-15(7-9-17)14-2-4-16(5-3-14)18-10-20-21(11-19(18)24)26-22(29)25-20/h2-11,27-28H,12-13H2,1H3,(H2,25,26,29). The van der Waals surface area contributed by atoms with Crippen LogP contribution in [0.1, 0.15) is 12.5 Å². The van der Waals surface area contributed by atoms with Crippen LogP contribution < -0.4 is 5.69 Å². The average Bonchev–Trinajstić information content (AvgIpc) is 3.11. The molecule has 0 unspecified atom stereocenters. The van der Waals surface area contributed by atoms with Crippen LogP contribution >= 0.6 is 11.6 Å². The second-order valence-electron chi connectivity index (χ2n) is 7.49. The summed E-state index contributed by atoms with van der Waals surface area (Å²) >= 11 is 6.41. The monoisotopic (exact) mass is 408 g/mol. The summed E-state index contributed by atoms with van der Waals surface area (Å²) in [5.41, 5.74) is 5.25. The topological polar surface area (TPSA) is 89.1 Å². The summed E-state index contributed by atoms with van der Waals surface area (Å²) in [5, 5.41) is 19.7. The molecule has 0 radical (unpaired) electrons. The molecule has 148 valence electrons. The number of imidazole rings is 1. The van der Waals surface area contributed by atoms with Crippen LogP contribution in [0.15, 0.2) is 65.5 Å². The van der Waals surface area contributed by atoms with E-state index in [1.807, 2.05) is 61.5 Å². The summed E-state index contributed by atoms with van der Waals surface area (Å²) < 4.78 is 0. The number of rotatable bonds is 5. The zero-order valence-electron chi connectivity index (χ0n) is 15.9. The van der Waals surface area contributed by atoms with E-state index in [2.05, 4.69) is 9.97 Å². The van der Waals surface area contributed by atoms with Gasteiger partial charge in [0.2, 0.25) is 0 Å². The zero-order chi connectivity index (χ0) is 20.6. The van der Waals surface area contributed by atoms with Crippen molar-refractivity contribution in [2.75, 3.05) is 13.2 Å². The largest absolute Gasteiger partial charge is 0.395 e. The van der Waals surface area contributed by atoms with E-state index in [0.29, 0.717) is 16.1 Å². The molecule has 0 bridgehead atoms. The van der Waals surface area contributed by atoms with Crippen LogP contribution in [0.5, 0.6) is 0 Å². The molecule has 5 nitrogen and oxygen atoms in total. The Labute approximate surface area is 172 Å². The number of nitrogens with one attached hydrogen (secondary N) is 2. The third-order valence-electron chi connectivity index (χ3n) is 5.41. The third kappa shape index (κ3) is 3.60. The number of H-pyrrole nitrogens is 2. The second-order valence-corrected chi connectivity index (χ2v) is 7.90. The summed E-state index contributed by atoms with van der Waals surface area (Å²) in [7, 11) is 0. The Morgan fingerprint density at radius 2 is 1.31 bits per heavy atom. The van der Waals surface area contributed by atoms with Crippen molar-refractivity contribution >= 4 is 22.6 Å². The average molecular weight is 409 g/mol. The van der Waals surface area contributed by atoms with Gasteiger partial charge in [-0.15, -0.1) is 0 Å². The van der Waals surface area contributed by atoms with Crippen molar-refractivity contribution in [1.29, 1.82) is 0 Å². The molecule has 0 amide bonds. The predicted octanol–water partition coefficient (Wildman–Crippen LogP) is 4.09. The number of benzene rings is 3. The van der Waals surface area contributed by atoms with Gasteiger partial charge in [-0.25, -0.2) is 4.79 Å². The fraction of sp³-hybridized carbons (Fsp3) is 0.174. The predicted molar refractivity (Wildman–Crippen MR) is 116 cm³/mol. The van der Waals surface area contributed by atoms with Crippen LogP contribution in [-0.4, -0.2) is 33.4 Å². The first-order valence-electron chi connectivity index (χ1n) is 9.28. The Morgan fingerprint density at radius 3 is 1.86 bits per heavy atom. The van der Waals surface area contributed by atoms with E-state index in [1.165, 1.54) is 0 Å². The Hall–Kier alpha value is -2.86. The van der Waals surface area contributed by atoms with Crippen molar-refractivity contribution in [1.82, 2.24) is 9.97 Å². The van der Waals surface area contributed by atoms with E-state index >= 15 is 0 Å². The minimum absolute atomic E-state index is 0.116. The number of hydrogen-bond acceptors (Lipinski definition) is 3. The molecule has 0 aliphatic rings. The molecule has 0 saturated heterocycles. The molecule has 0 fully saturated rings. The summed E-state index contributed by atoms with van der Waals surface area (Å²) in [6.45, 7) is 1.60. The molecule has 4 rings (SSSR count). The lowest BCUT2D eigenvalue weighted by Crippen LogP contribution is -2.30. The lowest BCUT2D eigenvalue weighted by atomic mass is 9.83. The number of aromatic amines is 2. The fourth-order valence-electron chi connectivity index (χ4n) is 3.42. The Morgan fingerprint density at radius 1 is 0.828 bits per heavy atom. The van der Waals surface area contributed by atoms with Crippen LogP contribution in [0.3, 0.4) is 0 Å². The molecule has 1 aromatic heterocycles. The maximum atomic E-state index is 11.5. The summed E-state index contributed by atoms with van der Waals surface area (Å²) in [4.78, 5) is 17.0. The van der Waals surface area contributed by atoms with Crippen molar-refractivity contribution in [3.63, 3.8) is 0 Å². The van der Waals surface area contributed by atoms with Gasteiger partial charge in [-0.2, -0.15) is 0 Å². The van der Waals surface area contributed by atoms with E-state index in [-0.39, 0.29) is 18.9 Å². The normalized spacial score (nSPS) is 11.9. The van der Waals surface area contributed by atoms with Gasteiger partial charge in [0.05, 0.1) is 29.3 Å². The number of aliphatic hydroxyl groups excluding tert-OH is 2. The van der Waals surface area contributed by atoms with Gasteiger partial charge < -0.3 is 20.2 Å². The molecular formula is C23H21ClN2O3. The lowest BCUT2D eigenvalue weighted by molar-refractivity contribution is 0.129. The van der Waals surface area contributed by atoms with E-state index in [4.69, 9.17) is 11.6 Å². The highest BCUT2D eigenvalue weighted by atomic mass is 35.5. The SMILES string of the molecule is CC(CO)(CO)c1ccc(-c2ccc(-c3cc4[nH]c(=O)[nH]c4cc3Cl)cc2)cc1. The number of aromatic nitrogens is 2. The zero-order valence-corrected chi connectivity index (χ0v) is 16.6. The quantitative estimate of drug-likeness (QED) is 0.401. The smallest absolute Gasteiger partial charge is 0.323 e.